The van der Waals surface area contributed by atoms with E-state index in [2.05, 4.69) is 14.7 Å². The van der Waals surface area contributed by atoms with Gasteiger partial charge < -0.3 is 9.72 Å². The van der Waals surface area contributed by atoms with Crippen molar-refractivity contribution in [3.63, 3.8) is 0 Å². The number of aromatic nitrogens is 2. The Labute approximate surface area is 147 Å². The van der Waals surface area contributed by atoms with Crippen LogP contribution in [0.25, 0.3) is 11.0 Å². The van der Waals surface area contributed by atoms with Gasteiger partial charge in [-0.1, -0.05) is 6.07 Å². The first-order chi connectivity index (χ1) is 11.8. The highest BCUT2D eigenvalue weighted by atomic mass is 32.2. The third kappa shape index (κ3) is 3.25. The SMILES string of the molecule is COc1cc(C)c(S(=O)(=O)NCc2ccc3nc[nH]c3c2)c(C)c1C. The molecule has 6 nitrogen and oxygen atoms in total. The number of nitrogens with zero attached hydrogens (tertiary/aromatic N) is 1. The molecule has 2 aromatic carbocycles. The number of fused-ring (bicyclic) bond motifs is 1. The van der Waals surface area contributed by atoms with E-state index in [1.54, 1.807) is 33.4 Å². The summed E-state index contributed by atoms with van der Waals surface area (Å²) in [7, 11) is -2.06. The smallest absolute Gasteiger partial charge is 0.241 e. The molecule has 0 aliphatic carbocycles. The monoisotopic (exact) mass is 359 g/mol. The van der Waals surface area contributed by atoms with Crippen LogP contribution in [-0.2, 0) is 16.6 Å². The number of imidazole rings is 1. The van der Waals surface area contributed by atoms with Gasteiger partial charge in [0.1, 0.15) is 5.75 Å². The molecule has 0 amide bonds. The quantitative estimate of drug-likeness (QED) is 0.733. The number of H-pyrrole nitrogens is 1. The molecule has 0 atom stereocenters. The van der Waals surface area contributed by atoms with Crippen molar-refractivity contribution in [3.05, 3.63) is 52.8 Å². The molecule has 0 unspecified atom stereocenters. The Morgan fingerprint density at radius 2 is 1.92 bits per heavy atom. The third-order valence-electron chi connectivity index (χ3n) is 4.42. The summed E-state index contributed by atoms with van der Waals surface area (Å²) in [6.45, 7) is 5.65. The summed E-state index contributed by atoms with van der Waals surface area (Å²) < 4.78 is 33.7. The summed E-state index contributed by atoms with van der Waals surface area (Å²) in [4.78, 5) is 7.50. The molecule has 0 radical (unpaired) electrons. The van der Waals surface area contributed by atoms with Crippen LogP contribution in [0.5, 0.6) is 5.75 Å². The molecule has 25 heavy (non-hydrogen) atoms. The van der Waals surface area contributed by atoms with Crippen LogP contribution in [0, 0.1) is 20.8 Å². The van der Waals surface area contributed by atoms with Crippen molar-refractivity contribution in [2.24, 2.45) is 0 Å². The number of benzene rings is 2. The van der Waals surface area contributed by atoms with Crippen molar-refractivity contribution in [2.75, 3.05) is 7.11 Å². The molecule has 3 rings (SSSR count). The molecular weight excluding hydrogens is 338 g/mol. The maximum Gasteiger partial charge on any atom is 0.241 e. The molecule has 1 heterocycles. The van der Waals surface area contributed by atoms with E-state index in [0.29, 0.717) is 21.8 Å². The first kappa shape index (κ1) is 17.4. The lowest BCUT2D eigenvalue weighted by atomic mass is 10.1. The lowest BCUT2D eigenvalue weighted by molar-refractivity contribution is 0.410. The summed E-state index contributed by atoms with van der Waals surface area (Å²) in [6.07, 6.45) is 1.62. The van der Waals surface area contributed by atoms with E-state index in [0.717, 1.165) is 22.2 Å². The van der Waals surface area contributed by atoms with E-state index < -0.39 is 10.0 Å². The summed E-state index contributed by atoms with van der Waals surface area (Å²) in [6, 6.07) is 7.38. The highest BCUT2D eigenvalue weighted by Gasteiger charge is 2.22. The summed E-state index contributed by atoms with van der Waals surface area (Å²) in [5, 5.41) is 0. The van der Waals surface area contributed by atoms with Crippen LogP contribution in [0.2, 0.25) is 0 Å². The minimum Gasteiger partial charge on any atom is -0.496 e. The molecule has 0 bridgehead atoms. The van der Waals surface area contributed by atoms with E-state index in [1.807, 2.05) is 25.1 Å². The van der Waals surface area contributed by atoms with Crippen molar-refractivity contribution < 1.29 is 13.2 Å². The Balaban J connectivity index is 1.90. The largest absolute Gasteiger partial charge is 0.496 e. The molecule has 0 aliphatic heterocycles. The predicted molar refractivity (Wildman–Crippen MR) is 97.3 cm³/mol. The van der Waals surface area contributed by atoms with E-state index in [1.165, 1.54) is 0 Å². The average molecular weight is 359 g/mol. The Morgan fingerprint density at radius 3 is 2.64 bits per heavy atom. The van der Waals surface area contributed by atoms with Gasteiger partial charge >= 0.3 is 0 Å². The summed E-state index contributed by atoms with van der Waals surface area (Å²) in [5.41, 5.74) is 4.78. The number of ether oxygens (including phenoxy) is 1. The van der Waals surface area contributed by atoms with Crippen LogP contribution in [0.3, 0.4) is 0 Å². The normalized spacial score (nSPS) is 11.8. The Bertz CT molecular complexity index is 1040. The van der Waals surface area contributed by atoms with Gasteiger partial charge in [0.2, 0.25) is 10.0 Å². The van der Waals surface area contributed by atoms with Gasteiger partial charge in [-0.15, -0.1) is 0 Å². The van der Waals surface area contributed by atoms with Gasteiger partial charge in [0.25, 0.3) is 0 Å². The van der Waals surface area contributed by atoms with Crippen LogP contribution in [-0.4, -0.2) is 25.5 Å². The van der Waals surface area contributed by atoms with Gasteiger partial charge in [-0.25, -0.2) is 18.1 Å². The minimum absolute atomic E-state index is 0.210. The van der Waals surface area contributed by atoms with Gasteiger partial charge in [0.15, 0.2) is 0 Å². The number of hydrogen-bond donors (Lipinski definition) is 2. The molecule has 132 valence electrons. The van der Waals surface area contributed by atoms with Gasteiger partial charge in [-0.2, -0.15) is 0 Å². The van der Waals surface area contributed by atoms with Crippen molar-refractivity contribution in [2.45, 2.75) is 32.2 Å². The maximum atomic E-state index is 12.8. The van der Waals surface area contributed by atoms with E-state index in [-0.39, 0.29) is 6.54 Å². The Hall–Kier alpha value is -2.38. The third-order valence-corrected chi connectivity index (χ3v) is 6.11. The Morgan fingerprint density at radius 1 is 1.16 bits per heavy atom. The second-order valence-corrected chi connectivity index (χ2v) is 7.76. The van der Waals surface area contributed by atoms with E-state index in [9.17, 15) is 8.42 Å². The molecule has 0 spiro atoms. The number of rotatable bonds is 5. The van der Waals surface area contributed by atoms with Crippen LogP contribution >= 0.6 is 0 Å². The Kier molecular flexibility index (Phi) is 4.53. The fourth-order valence-corrected chi connectivity index (χ4v) is 4.53. The highest BCUT2D eigenvalue weighted by Crippen LogP contribution is 2.30. The van der Waals surface area contributed by atoms with Gasteiger partial charge in [0.05, 0.1) is 29.4 Å². The number of nitrogens with one attached hydrogen (secondary N) is 2. The zero-order valence-electron chi connectivity index (χ0n) is 14.7. The van der Waals surface area contributed by atoms with Crippen molar-refractivity contribution in [1.29, 1.82) is 0 Å². The van der Waals surface area contributed by atoms with Gasteiger partial charge in [0, 0.05) is 6.54 Å². The molecule has 0 saturated heterocycles. The molecule has 0 saturated carbocycles. The molecule has 0 fully saturated rings. The van der Waals surface area contributed by atoms with Crippen LogP contribution in [0.1, 0.15) is 22.3 Å². The van der Waals surface area contributed by atoms with E-state index in [4.69, 9.17) is 4.74 Å². The zero-order chi connectivity index (χ0) is 18.2. The zero-order valence-corrected chi connectivity index (χ0v) is 15.5. The van der Waals surface area contributed by atoms with Crippen molar-refractivity contribution >= 4 is 21.1 Å². The lowest BCUT2D eigenvalue weighted by Gasteiger charge is -2.16. The predicted octanol–water partition coefficient (Wildman–Crippen LogP) is 2.98. The maximum absolute atomic E-state index is 12.8. The summed E-state index contributed by atoms with van der Waals surface area (Å²) in [5.74, 6) is 0.693. The van der Waals surface area contributed by atoms with Crippen molar-refractivity contribution in [1.82, 2.24) is 14.7 Å². The topological polar surface area (TPSA) is 84.1 Å². The molecule has 0 aliphatic rings. The van der Waals surface area contributed by atoms with Crippen LogP contribution < -0.4 is 9.46 Å². The van der Waals surface area contributed by atoms with Gasteiger partial charge in [-0.3, -0.25) is 0 Å². The molecule has 2 N–H and O–H groups in total. The molecule has 3 aromatic rings. The summed E-state index contributed by atoms with van der Waals surface area (Å²) >= 11 is 0. The molecular formula is C18H21N3O3S. The fourth-order valence-electron chi connectivity index (χ4n) is 2.99. The van der Waals surface area contributed by atoms with Crippen LogP contribution in [0.4, 0.5) is 0 Å². The second kappa shape index (κ2) is 6.50. The van der Waals surface area contributed by atoms with Crippen molar-refractivity contribution in [3.8, 4) is 5.75 Å². The lowest BCUT2D eigenvalue weighted by Crippen LogP contribution is -2.25. The van der Waals surface area contributed by atoms with Crippen LogP contribution in [0.15, 0.2) is 35.5 Å². The minimum atomic E-state index is -3.64. The number of sulfonamides is 1. The highest BCUT2D eigenvalue weighted by molar-refractivity contribution is 7.89. The fraction of sp³-hybridized carbons (Fsp3) is 0.278. The molecule has 1 aromatic heterocycles. The first-order valence-corrected chi connectivity index (χ1v) is 9.38. The molecule has 7 heteroatoms. The van der Waals surface area contributed by atoms with E-state index >= 15 is 0 Å². The second-order valence-electron chi connectivity index (χ2n) is 6.05. The van der Waals surface area contributed by atoms with Gasteiger partial charge in [-0.05, 0) is 61.2 Å². The average Bonchev–Trinajstić information content (AvgIpc) is 3.04. The number of aromatic amines is 1. The number of aryl methyl sites for hydroxylation is 1. The number of methoxy groups -OCH3 is 1. The number of hydrogen-bond acceptors (Lipinski definition) is 4. The first-order valence-electron chi connectivity index (χ1n) is 7.90. The standard InChI is InChI=1S/C18H21N3O3S/c1-11-7-17(24-4)12(2)13(3)18(11)25(22,23)21-9-14-5-6-15-16(8-14)20-10-19-15/h5-8,10,21H,9H2,1-4H3,(H,19,20).